The van der Waals surface area contributed by atoms with Gasteiger partial charge in [0.2, 0.25) is 0 Å². The van der Waals surface area contributed by atoms with Gasteiger partial charge in [-0.15, -0.1) is 0 Å². The maximum Gasteiger partial charge on any atom is 0.172 e. The fourth-order valence-electron chi connectivity index (χ4n) is 2.57. The van der Waals surface area contributed by atoms with Gasteiger partial charge in [-0.25, -0.2) is 0 Å². The topological polar surface area (TPSA) is 71.1 Å². The lowest BCUT2D eigenvalue weighted by Gasteiger charge is -2.35. The molecule has 20 heavy (non-hydrogen) atoms. The average molecular weight is 298 g/mol. The SMILES string of the molecule is CCOC1CCCN(c2ccc(Cl)cc2C(N)=NO)C1. The van der Waals surface area contributed by atoms with Gasteiger partial charge in [0.25, 0.3) is 0 Å². The molecule has 1 heterocycles. The van der Waals surface area contributed by atoms with Crippen LogP contribution >= 0.6 is 11.6 Å². The lowest BCUT2D eigenvalue weighted by Crippen LogP contribution is -2.40. The Labute approximate surface area is 124 Å². The quantitative estimate of drug-likeness (QED) is 0.387. The average Bonchev–Trinajstić information content (AvgIpc) is 2.47. The van der Waals surface area contributed by atoms with Crippen molar-refractivity contribution in [2.45, 2.75) is 25.9 Å². The lowest BCUT2D eigenvalue weighted by atomic mass is 10.0. The van der Waals surface area contributed by atoms with Gasteiger partial charge in [0.1, 0.15) is 0 Å². The van der Waals surface area contributed by atoms with Crippen molar-refractivity contribution >= 4 is 23.1 Å². The van der Waals surface area contributed by atoms with Crippen LogP contribution in [0.3, 0.4) is 0 Å². The molecule has 1 fully saturated rings. The fourth-order valence-corrected chi connectivity index (χ4v) is 2.74. The molecule has 1 aromatic carbocycles. The Morgan fingerprint density at radius 2 is 2.40 bits per heavy atom. The first-order valence-corrected chi connectivity index (χ1v) is 7.17. The molecule has 2 rings (SSSR count). The fraction of sp³-hybridized carbons (Fsp3) is 0.500. The molecule has 0 bridgehead atoms. The molecule has 0 aliphatic carbocycles. The molecule has 5 nitrogen and oxygen atoms in total. The standard InChI is InChI=1S/C14H20ClN3O2/c1-2-20-11-4-3-7-18(9-11)13-6-5-10(15)8-12(13)14(16)17-19/h5-6,8,11,19H,2-4,7,9H2,1H3,(H2,16,17). The molecule has 1 unspecified atom stereocenters. The molecule has 1 atom stereocenters. The number of anilines is 1. The first-order valence-electron chi connectivity index (χ1n) is 6.79. The zero-order chi connectivity index (χ0) is 14.5. The predicted octanol–water partition coefficient (Wildman–Crippen LogP) is 2.44. The largest absolute Gasteiger partial charge is 0.409 e. The van der Waals surface area contributed by atoms with Crippen LogP contribution in [0, 0.1) is 0 Å². The number of nitrogens with two attached hydrogens (primary N) is 1. The van der Waals surface area contributed by atoms with E-state index < -0.39 is 0 Å². The molecule has 1 aromatic rings. The number of benzene rings is 1. The van der Waals surface area contributed by atoms with Crippen molar-refractivity contribution in [3.8, 4) is 0 Å². The van der Waals surface area contributed by atoms with E-state index in [0.29, 0.717) is 17.2 Å². The maximum atomic E-state index is 8.91. The highest BCUT2D eigenvalue weighted by atomic mass is 35.5. The number of hydrogen-bond donors (Lipinski definition) is 2. The predicted molar refractivity (Wildman–Crippen MR) is 80.8 cm³/mol. The summed E-state index contributed by atoms with van der Waals surface area (Å²) in [5, 5.41) is 12.6. The van der Waals surface area contributed by atoms with Crippen LogP contribution in [0.4, 0.5) is 5.69 Å². The van der Waals surface area contributed by atoms with Crippen molar-refractivity contribution in [2.24, 2.45) is 10.9 Å². The molecule has 1 saturated heterocycles. The summed E-state index contributed by atoms with van der Waals surface area (Å²) < 4.78 is 5.71. The summed E-state index contributed by atoms with van der Waals surface area (Å²) in [7, 11) is 0. The van der Waals surface area contributed by atoms with Crippen molar-refractivity contribution in [1.82, 2.24) is 0 Å². The molecule has 0 spiro atoms. The second kappa shape index (κ2) is 6.81. The van der Waals surface area contributed by atoms with Crippen molar-refractivity contribution in [3.05, 3.63) is 28.8 Å². The molecule has 0 saturated carbocycles. The van der Waals surface area contributed by atoms with Crippen molar-refractivity contribution in [1.29, 1.82) is 0 Å². The summed E-state index contributed by atoms with van der Waals surface area (Å²) in [4.78, 5) is 2.20. The smallest absolute Gasteiger partial charge is 0.172 e. The van der Waals surface area contributed by atoms with E-state index in [1.54, 1.807) is 6.07 Å². The summed E-state index contributed by atoms with van der Waals surface area (Å²) in [6.45, 7) is 4.45. The normalized spacial score (nSPS) is 20.2. The molecule has 3 N–H and O–H groups in total. The van der Waals surface area contributed by atoms with E-state index in [9.17, 15) is 0 Å². The van der Waals surface area contributed by atoms with E-state index in [2.05, 4.69) is 10.1 Å². The molecular weight excluding hydrogens is 278 g/mol. The van der Waals surface area contributed by atoms with E-state index in [-0.39, 0.29) is 11.9 Å². The summed E-state index contributed by atoms with van der Waals surface area (Å²) in [5.74, 6) is 0.0704. The van der Waals surface area contributed by atoms with Gasteiger partial charge in [0.05, 0.1) is 6.10 Å². The number of piperidine rings is 1. The number of hydrogen-bond acceptors (Lipinski definition) is 4. The molecule has 110 valence electrons. The van der Waals surface area contributed by atoms with Crippen LogP contribution in [0.2, 0.25) is 5.02 Å². The van der Waals surface area contributed by atoms with Crippen LogP contribution in [0.25, 0.3) is 0 Å². The Morgan fingerprint density at radius 3 is 3.10 bits per heavy atom. The number of oxime groups is 1. The number of halogens is 1. The number of ether oxygens (including phenoxy) is 1. The van der Waals surface area contributed by atoms with E-state index in [0.717, 1.165) is 31.6 Å². The van der Waals surface area contributed by atoms with Gasteiger partial charge in [-0.1, -0.05) is 16.8 Å². The summed E-state index contributed by atoms with van der Waals surface area (Å²) >= 11 is 6.00. The summed E-state index contributed by atoms with van der Waals surface area (Å²) in [5.41, 5.74) is 7.32. The maximum absolute atomic E-state index is 8.91. The monoisotopic (exact) mass is 297 g/mol. The van der Waals surface area contributed by atoms with Crippen molar-refractivity contribution in [3.63, 3.8) is 0 Å². The van der Waals surface area contributed by atoms with Crippen LogP contribution in [-0.2, 0) is 4.74 Å². The van der Waals surface area contributed by atoms with Crippen molar-refractivity contribution in [2.75, 3.05) is 24.6 Å². The van der Waals surface area contributed by atoms with Gasteiger partial charge in [-0.05, 0) is 38.0 Å². The van der Waals surface area contributed by atoms with Gasteiger partial charge in [0.15, 0.2) is 5.84 Å². The van der Waals surface area contributed by atoms with E-state index in [1.807, 2.05) is 19.1 Å². The van der Waals surface area contributed by atoms with Crippen molar-refractivity contribution < 1.29 is 9.94 Å². The van der Waals surface area contributed by atoms with Crippen LogP contribution in [0.15, 0.2) is 23.4 Å². The minimum Gasteiger partial charge on any atom is -0.409 e. The summed E-state index contributed by atoms with van der Waals surface area (Å²) in [6, 6.07) is 5.44. The minimum absolute atomic E-state index is 0.0704. The van der Waals surface area contributed by atoms with Gasteiger partial charge < -0.3 is 20.6 Å². The van der Waals surface area contributed by atoms with Gasteiger partial charge >= 0.3 is 0 Å². The molecular formula is C14H20ClN3O2. The molecule has 1 aliphatic heterocycles. The summed E-state index contributed by atoms with van der Waals surface area (Å²) in [6.07, 6.45) is 2.35. The highest BCUT2D eigenvalue weighted by Crippen LogP contribution is 2.27. The van der Waals surface area contributed by atoms with Crippen LogP contribution in [-0.4, -0.2) is 36.8 Å². The Bertz CT molecular complexity index is 491. The third-order valence-corrected chi connectivity index (χ3v) is 3.70. The van der Waals surface area contributed by atoms with Gasteiger partial charge in [0, 0.05) is 36.0 Å². The third-order valence-electron chi connectivity index (χ3n) is 3.46. The Kier molecular flexibility index (Phi) is 5.09. The van der Waals surface area contributed by atoms with Crippen LogP contribution < -0.4 is 10.6 Å². The zero-order valence-corrected chi connectivity index (χ0v) is 12.3. The molecule has 0 radical (unpaired) electrons. The van der Waals surface area contributed by atoms with Crippen LogP contribution in [0.1, 0.15) is 25.3 Å². The van der Waals surface area contributed by atoms with Gasteiger partial charge in [-0.2, -0.15) is 0 Å². The highest BCUT2D eigenvalue weighted by molar-refractivity contribution is 6.31. The lowest BCUT2D eigenvalue weighted by molar-refractivity contribution is 0.0526. The molecule has 1 aliphatic rings. The second-order valence-electron chi connectivity index (χ2n) is 4.81. The molecule has 0 amide bonds. The Hall–Kier alpha value is -1.46. The van der Waals surface area contributed by atoms with E-state index in [4.69, 9.17) is 27.3 Å². The highest BCUT2D eigenvalue weighted by Gasteiger charge is 2.23. The molecule has 6 heteroatoms. The number of nitrogens with zero attached hydrogens (tertiary/aromatic N) is 2. The third kappa shape index (κ3) is 3.35. The minimum atomic E-state index is 0.0704. The Balaban J connectivity index is 2.27. The van der Waals surface area contributed by atoms with Crippen LogP contribution in [0.5, 0.6) is 0 Å². The zero-order valence-electron chi connectivity index (χ0n) is 11.6. The molecule has 0 aromatic heterocycles. The number of rotatable bonds is 4. The first kappa shape index (κ1) is 14.9. The second-order valence-corrected chi connectivity index (χ2v) is 5.25. The first-order chi connectivity index (χ1) is 9.65. The number of amidine groups is 1. The Morgan fingerprint density at radius 1 is 1.60 bits per heavy atom. The van der Waals surface area contributed by atoms with E-state index >= 15 is 0 Å². The van der Waals surface area contributed by atoms with Gasteiger partial charge in [-0.3, -0.25) is 0 Å². The van der Waals surface area contributed by atoms with E-state index in [1.165, 1.54) is 0 Å².